The van der Waals surface area contributed by atoms with Gasteiger partial charge in [-0.25, -0.2) is 0 Å². The first-order chi connectivity index (χ1) is 15.5. The van der Waals surface area contributed by atoms with Gasteiger partial charge < -0.3 is 25.6 Å². The van der Waals surface area contributed by atoms with Crippen LogP contribution in [0.4, 0.5) is 0 Å². The largest absolute Gasteiger partial charge is 0.481 e. The molecular formula is C24H46N2O6. The first-order valence-electron chi connectivity index (χ1n) is 12.4. The number of primary amides is 1. The van der Waals surface area contributed by atoms with Crippen molar-refractivity contribution in [1.82, 2.24) is 5.32 Å². The van der Waals surface area contributed by atoms with Gasteiger partial charge in [0.25, 0.3) is 0 Å². The van der Waals surface area contributed by atoms with Crippen LogP contribution in [0.3, 0.4) is 0 Å². The SMILES string of the molecule is NC(=O)COCCOCCNC(=O)CCCCCCCCCCCCCCCCC(=O)O. The van der Waals surface area contributed by atoms with Crippen LogP contribution in [0.1, 0.15) is 103 Å². The molecule has 32 heavy (non-hydrogen) atoms. The number of carboxylic acid groups (broad SMARTS) is 1. The van der Waals surface area contributed by atoms with Crippen LogP contribution in [0.2, 0.25) is 0 Å². The Morgan fingerprint density at radius 3 is 1.53 bits per heavy atom. The van der Waals surface area contributed by atoms with Crippen LogP contribution in [0.5, 0.6) is 0 Å². The molecule has 188 valence electrons. The van der Waals surface area contributed by atoms with E-state index in [1.807, 2.05) is 0 Å². The number of carbonyl (C=O) groups is 3. The summed E-state index contributed by atoms with van der Waals surface area (Å²) >= 11 is 0. The maximum atomic E-state index is 11.7. The first kappa shape index (κ1) is 30.3. The Balaban J connectivity index is 3.16. The molecule has 8 nitrogen and oxygen atoms in total. The molecule has 0 rings (SSSR count). The molecule has 0 fully saturated rings. The highest BCUT2D eigenvalue weighted by atomic mass is 16.5. The zero-order valence-corrected chi connectivity index (χ0v) is 19.9. The van der Waals surface area contributed by atoms with E-state index in [2.05, 4.69) is 5.32 Å². The molecule has 4 N–H and O–H groups in total. The summed E-state index contributed by atoms with van der Waals surface area (Å²) in [4.78, 5) is 32.6. The monoisotopic (exact) mass is 458 g/mol. The Kier molecular flexibility index (Phi) is 22.7. The molecule has 0 radical (unpaired) electrons. The van der Waals surface area contributed by atoms with E-state index in [0.717, 1.165) is 32.1 Å². The second-order valence-electron chi connectivity index (χ2n) is 8.32. The molecule has 0 aromatic carbocycles. The Morgan fingerprint density at radius 2 is 1.06 bits per heavy atom. The Morgan fingerprint density at radius 1 is 0.625 bits per heavy atom. The van der Waals surface area contributed by atoms with Gasteiger partial charge in [0.2, 0.25) is 11.8 Å². The molecule has 0 atom stereocenters. The average molecular weight is 459 g/mol. The molecule has 0 aromatic rings. The third kappa shape index (κ3) is 26.4. The van der Waals surface area contributed by atoms with E-state index in [1.165, 1.54) is 57.8 Å². The van der Waals surface area contributed by atoms with Crippen molar-refractivity contribution in [2.45, 2.75) is 103 Å². The van der Waals surface area contributed by atoms with Gasteiger partial charge in [-0.3, -0.25) is 14.4 Å². The molecule has 0 aliphatic carbocycles. The van der Waals surface area contributed by atoms with E-state index in [0.29, 0.717) is 39.2 Å². The van der Waals surface area contributed by atoms with Crippen molar-refractivity contribution in [3.63, 3.8) is 0 Å². The molecular weight excluding hydrogens is 412 g/mol. The van der Waals surface area contributed by atoms with E-state index in [9.17, 15) is 14.4 Å². The maximum absolute atomic E-state index is 11.7. The molecule has 0 unspecified atom stereocenters. The third-order valence-electron chi connectivity index (χ3n) is 5.23. The zero-order chi connectivity index (χ0) is 23.7. The minimum Gasteiger partial charge on any atom is -0.481 e. The number of carboxylic acids is 1. The Hall–Kier alpha value is -1.67. The van der Waals surface area contributed by atoms with Crippen LogP contribution in [0, 0.1) is 0 Å². The summed E-state index contributed by atoms with van der Waals surface area (Å²) in [5.74, 6) is -1.11. The molecule has 0 spiro atoms. The van der Waals surface area contributed by atoms with Crippen molar-refractivity contribution in [3.8, 4) is 0 Å². The molecule has 2 amide bonds. The summed E-state index contributed by atoms with van der Waals surface area (Å²) < 4.78 is 10.3. The van der Waals surface area contributed by atoms with Crippen molar-refractivity contribution >= 4 is 17.8 Å². The molecule has 0 aliphatic heterocycles. The quantitative estimate of drug-likeness (QED) is 0.178. The second-order valence-corrected chi connectivity index (χ2v) is 8.32. The summed E-state index contributed by atoms with van der Waals surface area (Å²) in [5.41, 5.74) is 4.95. The Labute approximate surface area is 194 Å². The molecule has 0 heterocycles. The van der Waals surface area contributed by atoms with Gasteiger partial charge in [0.1, 0.15) is 6.61 Å². The van der Waals surface area contributed by atoms with E-state index in [1.54, 1.807) is 0 Å². The van der Waals surface area contributed by atoms with E-state index < -0.39 is 11.9 Å². The highest BCUT2D eigenvalue weighted by Crippen LogP contribution is 2.13. The molecule has 0 saturated carbocycles. The minimum absolute atomic E-state index is 0.0699. The van der Waals surface area contributed by atoms with Crippen molar-refractivity contribution < 1.29 is 29.0 Å². The molecule has 0 aliphatic rings. The van der Waals surface area contributed by atoms with E-state index in [4.69, 9.17) is 20.3 Å². The van der Waals surface area contributed by atoms with Gasteiger partial charge in [-0.05, 0) is 12.8 Å². The smallest absolute Gasteiger partial charge is 0.303 e. The summed E-state index contributed by atoms with van der Waals surface area (Å²) in [7, 11) is 0. The van der Waals surface area contributed by atoms with Gasteiger partial charge >= 0.3 is 5.97 Å². The third-order valence-corrected chi connectivity index (χ3v) is 5.23. The molecule has 0 bridgehead atoms. The van der Waals surface area contributed by atoms with Crippen LogP contribution in [0.15, 0.2) is 0 Å². The minimum atomic E-state index is -0.684. The number of nitrogens with two attached hydrogens (primary N) is 1. The zero-order valence-electron chi connectivity index (χ0n) is 19.9. The van der Waals surface area contributed by atoms with Crippen LogP contribution < -0.4 is 11.1 Å². The summed E-state index contributed by atoms with van der Waals surface area (Å²) in [6.07, 6.45) is 17.3. The predicted molar refractivity (Wildman–Crippen MR) is 125 cm³/mol. The van der Waals surface area contributed by atoms with E-state index >= 15 is 0 Å². The number of amides is 2. The highest BCUT2D eigenvalue weighted by molar-refractivity contribution is 5.75. The number of carbonyl (C=O) groups excluding carboxylic acids is 2. The fourth-order valence-corrected chi connectivity index (χ4v) is 3.43. The van der Waals surface area contributed by atoms with Gasteiger partial charge in [0.15, 0.2) is 0 Å². The van der Waals surface area contributed by atoms with Crippen LogP contribution in [-0.4, -0.2) is 55.9 Å². The predicted octanol–water partition coefficient (Wildman–Crippen LogP) is 3.95. The molecule has 0 aromatic heterocycles. The maximum Gasteiger partial charge on any atom is 0.303 e. The van der Waals surface area contributed by atoms with Crippen molar-refractivity contribution in [2.24, 2.45) is 5.73 Å². The van der Waals surface area contributed by atoms with Crippen molar-refractivity contribution in [3.05, 3.63) is 0 Å². The van der Waals surface area contributed by atoms with Crippen LogP contribution in [0.25, 0.3) is 0 Å². The lowest BCUT2D eigenvalue weighted by Crippen LogP contribution is -2.27. The van der Waals surface area contributed by atoms with Crippen LogP contribution >= 0.6 is 0 Å². The van der Waals surface area contributed by atoms with Crippen LogP contribution in [-0.2, 0) is 23.9 Å². The average Bonchev–Trinajstić information content (AvgIpc) is 2.74. The van der Waals surface area contributed by atoms with Crippen molar-refractivity contribution in [2.75, 3.05) is 33.0 Å². The second kappa shape index (κ2) is 24.0. The number of unbranched alkanes of at least 4 members (excludes halogenated alkanes) is 13. The molecule has 8 heteroatoms. The number of rotatable bonds is 25. The number of ether oxygens (including phenoxy) is 2. The van der Waals surface area contributed by atoms with Gasteiger partial charge in [-0.2, -0.15) is 0 Å². The topological polar surface area (TPSA) is 128 Å². The Bertz CT molecular complexity index is 473. The fraction of sp³-hybridized carbons (Fsp3) is 0.875. The highest BCUT2D eigenvalue weighted by Gasteiger charge is 2.01. The summed E-state index contributed by atoms with van der Waals surface area (Å²) in [5, 5.41) is 11.4. The fourth-order valence-electron chi connectivity index (χ4n) is 3.43. The number of nitrogens with one attached hydrogen (secondary N) is 1. The molecule has 0 saturated heterocycles. The van der Waals surface area contributed by atoms with Gasteiger partial charge in [0, 0.05) is 19.4 Å². The first-order valence-corrected chi connectivity index (χ1v) is 12.4. The standard InChI is InChI=1S/C24H46N2O6/c25-22(27)21-32-20-19-31-18-17-26-23(28)15-13-11-9-7-5-3-1-2-4-6-8-10-12-14-16-24(29)30/h1-21H2,(H2,25,27)(H,26,28)(H,29,30). The van der Waals surface area contributed by atoms with E-state index in [-0.39, 0.29) is 12.5 Å². The van der Waals surface area contributed by atoms with Gasteiger partial charge in [-0.15, -0.1) is 0 Å². The van der Waals surface area contributed by atoms with Gasteiger partial charge in [0.05, 0.1) is 19.8 Å². The number of hydrogen-bond acceptors (Lipinski definition) is 5. The van der Waals surface area contributed by atoms with Gasteiger partial charge in [-0.1, -0.05) is 77.0 Å². The lowest BCUT2D eigenvalue weighted by Gasteiger charge is -2.07. The number of aliphatic carboxylic acids is 1. The summed E-state index contributed by atoms with van der Waals surface area (Å²) in [6.45, 7) is 1.51. The lowest BCUT2D eigenvalue weighted by molar-refractivity contribution is -0.137. The lowest BCUT2D eigenvalue weighted by atomic mass is 10.0. The number of hydrogen-bond donors (Lipinski definition) is 3. The van der Waals surface area contributed by atoms with Crippen molar-refractivity contribution in [1.29, 1.82) is 0 Å². The summed E-state index contributed by atoms with van der Waals surface area (Å²) in [6, 6.07) is 0. The normalized spacial score (nSPS) is 10.9.